The van der Waals surface area contributed by atoms with Crippen LogP contribution in [-0.4, -0.2) is 40.9 Å². The molecule has 0 radical (unpaired) electrons. The van der Waals surface area contributed by atoms with E-state index in [2.05, 4.69) is 5.32 Å². The molecule has 0 spiro atoms. The Balaban J connectivity index is 1.70. The van der Waals surface area contributed by atoms with Crippen molar-refractivity contribution in [2.75, 3.05) is 18.4 Å². The van der Waals surface area contributed by atoms with Gasteiger partial charge in [0.05, 0.1) is 11.1 Å². The van der Waals surface area contributed by atoms with Crippen molar-refractivity contribution in [2.45, 2.75) is 25.7 Å². The Hall–Kier alpha value is -3.15. The summed E-state index contributed by atoms with van der Waals surface area (Å²) in [4.78, 5) is 38.1. The van der Waals surface area contributed by atoms with Crippen molar-refractivity contribution >= 4 is 23.5 Å². The highest BCUT2D eigenvalue weighted by molar-refractivity contribution is 6.10. The van der Waals surface area contributed by atoms with Crippen molar-refractivity contribution < 1.29 is 19.5 Å². The lowest BCUT2D eigenvalue weighted by Crippen LogP contribution is -2.31. The predicted molar refractivity (Wildman–Crippen MR) is 102 cm³/mol. The molecule has 2 amide bonds. The van der Waals surface area contributed by atoms with Crippen LogP contribution in [0, 0.1) is 0 Å². The lowest BCUT2D eigenvalue weighted by molar-refractivity contribution is 0.0691. The van der Waals surface area contributed by atoms with Crippen LogP contribution < -0.4 is 5.32 Å². The largest absolute Gasteiger partial charge is 0.478 e. The van der Waals surface area contributed by atoms with E-state index in [0.717, 1.165) is 38.8 Å². The van der Waals surface area contributed by atoms with Crippen LogP contribution in [0.5, 0.6) is 0 Å². The van der Waals surface area contributed by atoms with Crippen LogP contribution in [-0.2, 0) is 0 Å². The molecule has 1 heterocycles. The number of benzene rings is 2. The fraction of sp³-hybridized carbons (Fsp3) is 0.286. The summed E-state index contributed by atoms with van der Waals surface area (Å²) >= 11 is 0. The molecule has 3 rings (SSSR count). The second-order valence-corrected chi connectivity index (χ2v) is 6.59. The number of carbonyl (C=O) groups is 3. The zero-order valence-electron chi connectivity index (χ0n) is 15.0. The summed E-state index contributed by atoms with van der Waals surface area (Å²) in [5, 5.41) is 11.9. The zero-order chi connectivity index (χ0) is 19.2. The zero-order valence-corrected chi connectivity index (χ0v) is 15.0. The van der Waals surface area contributed by atoms with Crippen LogP contribution in [0.3, 0.4) is 0 Å². The molecular formula is C21H22N2O4. The first-order valence-corrected chi connectivity index (χ1v) is 9.09. The summed E-state index contributed by atoms with van der Waals surface area (Å²) in [5.74, 6) is -1.65. The number of carboxylic acids is 1. The normalized spacial score (nSPS) is 14.3. The Labute approximate surface area is 157 Å². The molecular weight excluding hydrogens is 344 g/mol. The summed E-state index contributed by atoms with van der Waals surface area (Å²) in [6, 6.07) is 12.7. The molecule has 1 aliphatic rings. The average Bonchev–Trinajstić information content (AvgIpc) is 2.97. The van der Waals surface area contributed by atoms with Crippen LogP contribution in [0.15, 0.2) is 48.5 Å². The fourth-order valence-electron chi connectivity index (χ4n) is 3.22. The lowest BCUT2D eigenvalue weighted by Gasteiger charge is -2.20. The average molecular weight is 366 g/mol. The van der Waals surface area contributed by atoms with Gasteiger partial charge in [0, 0.05) is 24.3 Å². The van der Waals surface area contributed by atoms with Crippen molar-refractivity contribution in [2.24, 2.45) is 0 Å². The number of nitrogens with one attached hydrogen (secondary N) is 1. The SMILES string of the molecule is O=C(O)c1ccccc1C(=O)Nc1ccc(C(=O)N2CCCCCC2)cc1. The molecule has 0 atom stereocenters. The first-order chi connectivity index (χ1) is 13.1. The maximum atomic E-state index is 12.6. The number of anilines is 1. The van der Waals surface area contributed by atoms with Gasteiger partial charge in [0.2, 0.25) is 0 Å². The number of hydrogen-bond donors (Lipinski definition) is 2. The van der Waals surface area contributed by atoms with Crippen molar-refractivity contribution in [3.63, 3.8) is 0 Å². The highest BCUT2D eigenvalue weighted by Crippen LogP contribution is 2.17. The third-order valence-electron chi connectivity index (χ3n) is 4.69. The monoisotopic (exact) mass is 366 g/mol. The Morgan fingerprint density at radius 2 is 1.41 bits per heavy atom. The van der Waals surface area contributed by atoms with E-state index in [0.29, 0.717) is 11.3 Å². The summed E-state index contributed by atoms with van der Waals surface area (Å²) in [6.07, 6.45) is 4.38. The molecule has 140 valence electrons. The number of rotatable bonds is 4. The highest BCUT2D eigenvalue weighted by atomic mass is 16.4. The number of amides is 2. The highest BCUT2D eigenvalue weighted by Gasteiger charge is 2.18. The first kappa shape index (κ1) is 18.6. The standard InChI is InChI=1S/C21H22N2O4/c24-19(17-7-3-4-8-18(17)21(26)27)22-16-11-9-15(10-12-16)20(25)23-13-5-1-2-6-14-23/h3-4,7-12H,1-2,5-6,13-14H2,(H,22,24)(H,26,27). The maximum Gasteiger partial charge on any atom is 0.336 e. The number of aromatic carboxylic acids is 1. The first-order valence-electron chi connectivity index (χ1n) is 9.09. The molecule has 0 aromatic heterocycles. The summed E-state index contributed by atoms with van der Waals surface area (Å²) in [6.45, 7) is 1.56. The van der Waals surface area contributed by atoms with Gasteiger partial charge in [0.1, 0.15) is 0 Å². The van der Waals surface area contributed by atoms with E-state index in [9.17, 15) is 19.5 Å². The van der Waals surface area contributed by atoms with Crippen molar-refractivity contribution in [3.05, 3.63) is 65.2 Å². The van der Waals surface area contributed by atoms with E-state index in [1.807, 2.05) is 4.90 Å². The maximum absolute atomic E-state index is 12.6. The van der Waals surface area contributed by atoms with Crippen LogP contribution in [0.4, 0.5) is 5.69 Å². The molecule has 0 saturated carbocycles. The fourth-order valence-corrected chi connectivity index (χ4v) is 3.22. The van der Waals surface area contributed by atoms with E-state index >= 15 is 0 Å². The number of nitrogens with zero attached hydrogens (tertiary/aromatic N) is 1. The van der Waals surface area contributed by atoms with Crippen LogP contribution >= 0.6 is 0 Å². The Kier molecular flexibility index (Phi) is 5.86. The molecule has 0 aliphatic carbocycles. The molecule has 6 heteroatoms. The number of carboxylic acid groups (broad SMARTS) is 1. The third-order valence-corrected chi connectivity index (χ3v) is 4.69. The topological polar surface area (TPSA) is 86.7 Å². The molecule has 27 heavy (non-hydrogen) atoms. The van der Waals surface area contributed by atoms with E-state index in [4.69, 9.17) is 0 Å². The molecule has 0 bridgehead atoms. The van der Waals surface area contributed by atoms with Gasteiger partial charge in [-0.2, -0.15) is 0 Å². The van der Waals surface area contributed by atoms with Gasteiger partial charge in [-0.1, -0.05) is 25.0 Å². The lowest BCUT2D eigenvalue weighted by atomic mass is 10.1. The van der Waals surface area contributed by atoms with Gasteiger partial charge in [0.25, 0.3) is 11.8 Å². The summed E-state index contributed by atoms with van der Waals surface area (Å²) in [7, 11) is 0. The van der Waals surface area contributed by atoms with E-state index < -0.39 is 11.9 Å². The van der Waals surface area contributed by atoms with E-state index in [-0.39, 0.29) is 17.0 Å². The Morgan fingerprint density at radius 1 is 0.815 bits per heavy atom. The molecule has 1 aliphatic heterocycles. The van der Waals surface area contributed by atoms with Gasteiger partial charge in [-0.15, -0.1) is 0 Å². The van der Waals surface area contributed by atoms with Crippen LogP contribution in [0.1, 0.15) is 56.8 Å². The van der Waals surface area contributed by atoms with Gasteiger partial charge in [-0.05, 0) is 49.2 Å². The van der Waals surface area contributed by atoms with Gasteiger partial charge >= 0.3 is 5.97 Å². The van der Waals surface area contributed by atoms with Crippen molar-refractivity contribution in [1.82, 2.24) is 4.90 Å². The minimum Gasteiger partial charge on any atom is -0.478 e. The molecule has 2 N–H and O–H groups in total. The predicted octanol–water partition coefficient (Wildman–Crippen LogP) is 3.65. The second kappa shape index (κ2) is 8.49. The third kappa shape index (κ3) is 4.53. The molecule has 6 nitrogen and oxygen atoms in total. The number of hydrogen-bond acceptors (Lipinski definition) is 3. The van der Waals surface area contributed by atoms with Crippen LogP contribution in [0.2, 0.25) is 0 Å². The van der Waals surface area contributed by atoms with Crippen LogP contribution in [0.25, 0.3) is 0 Å². The molecule has 0 unspecified atom stereocenters. The minimum atomic E-state index is -1.15. The van der Waals surface area contributed by atoms with E-state index in [1.165, 1.54) is 12.1 Å². The van der Waals surface area contributed by atoms with Gasteiger partial charge < -0.3 is 15.3 Å². The summed E-state index contributed by atoms with van der Waals surface area (Å²) in [5.41, 5.74) is 1.13. The Bertz CT molecular complexity index is 838. The van der Waals surface area contributed by atoms with Crippen molar-refractivity contribution in [1.29, 1.82) is 0 Å². The Morgan fingerprint density at radius 3 is 2.00 bits per heavy atom. The van der Waals surface area contributed by atoms with Gasteiger partial charge in [-0.3, -0.25) is 9.59 Å². The quantitative estimate of drug-likeness (QED) is 0.865. The van der Waals surface area contributed by atoms with Gasteiger partial charge in [-0.25, -0.2) is 4.79 Å². The molecule has 1 fully saturated rings. The number of likely N-dealkylation sites (tertiary alicyclic amines) is 1. The van der Waals surface area contributed by atoms with Gasteiger partial charge in [0.15, 0.2) is 0 Å². The minimum absolute atomic E-state index is 0.00555. The number of carbonyl (C=O) groups excluding carboxylic acids is 2. The second-order valence-electron chi connectivity index (χ2n) is 6.59. The molecule has 1 saturated heterocycles. The van der Waals surface area contributed by atoms with Crippen molar-refractivity contribution in [3.8, 4) is 0 Å². The smallest absolute Gasteiger partial charge is 0.336 e. The molecule has 2 aromatic carbocycles. The van der Waals surface area contributed by atoms with E-state index in [1.54, 1.807) is 36.4 Å². The molecule has 2 aromatic rings. The summed E-state index contributed by atoms with van der Waals surface area (Å²) < 4.78 is 0.